The maximum atomic E-state index is 10.7. The SMILES string of the molecule is C=CC(C)(C=C(C)C(=O)O)CC1CO1. The molecule has 0 saturated carbocycles. The first-order valence-corrected chi connectivity index (χ1v) is 4.65. The monoisotopic (exact) mass is 196 g/mol. The maximum absolute atomic E-state index is 10.7. The van der Waals surface area contributed by atoms with Crippen molar-refractivity contribution >= 4 is 5.97 Å². The molecule has 1 N–H and O–H groups in total. The number of epoxide rings is 1. The Labute approximate surface area is 84.1 Å². The van der Waals surface area contributed by atoms with Crippen molar-refractivity contribution in [2.24, 2.45) is 5.41 Å². The second kappa shape index (κ2) is 3.96. The van der Waals surface area contributed by atoms with E-state index in [1.807, 2.05) is 6.92 Å². The van der Waals surface area contributed by atoms with Gasteiger partial charge in [-0.25, -0.2) is 4.79 Å². The Morgan fingerprint density at radius 3 is 2.71 bits per heavy atom. The molecular formula is C11H16O3. The molecule has 14 heavy (non-hydrogen) atoms. The number of hydrogen-bond acceptors (Lipinski definition) is 2. The van der Waals surface area contributed by atoms with Crippen molar-refractivity contribution < 1.29 is 14.6 Å². The Hall–Kier alpha value is -1.09. The lowest BCUT2D eigenvalue weighted by Gasteiger charge is -2.20. The minimum absolute atomic E-state index is 0.274. The molecule has 2 unspecified atom stereocenters. The van der Waals surface area contributed by atoms with Crippen LogP contribution in [0.2, 0.25) is 0 Å². The highest BCUT2D eigenvalue weighted by Gasteiger charge is 2.31. The molecule has 0 aromatic heterocycles. The number of carboxylic acid groups (broad SMARTS) is 1. The predicted octanol–water partition coefficient (Wildman–Crippen LogP) is 2.00. The normalized spacial score (nSPS) is 25.3. The van der Waals surface area contributed by atoms with E-state index in [1.165, 1.54) is 0 Å². The molecule has 1 saturated heterocycles. The number of aliphatic carboxylic acids is 1. The average molecular weight is 196 g/mol. The van der Waals surface area contributed by atoms with Gasteiger partial charge in [0.05, 0.1) is 12.7 Å². The van der Waals surface area contributed by atoms with Gasteiger partial charge < -0.3 is 9.84 Å². The van der Waals surface area contributed by atoms with Crippen molar-refractivity contribution in [1.82, 2.24) is 0 Å². The van der Waals surface area contributed by atoms with Crippen molar-refractivity contribution in [2.75, 3.05) is 6.61 Å². The first-order valence-electron chi connectivity index (χ1n) is 4.65. The van der Waals surface area contributed by atoms with E-state index >= 15 is 0 Å². The minimum Gasteiger partial charge on any atom is -0.478 e. The Bertz CT molecular complexity index is 276. The molecule has 1 fully saturated rings. The molecule has 0 aromatic carbocycles. The summed E-state index contributed by atoms with van der Waals surface area (Å²) >= 11 is 0. The van der Waals surface area contributed by atoms with E-state index in [4.69, 9.17) is 9.84 Å². The molecule has 1 rings (SSSR count). The molecule has 2 atom stereocenters. The van der Waals surface area contributed by atoms with Gasteiger partial charge in [0.2, 0.25) is 0 Å². The molecule has 3 heteroatoms. The fraction of sp³-hybridized carbons (Fsp3) is 0.545. The summed E-state index contributed by atoms with van der Waals surface area (Å²) in [6, 6.07) is 0. The molecule has 0 aromatic rings. The highest BCUT2D eigenvalue weighted by molar-refractivity contribution is 5.85. The summed E-state index contributed by atoms with van der Waals surface area (Å²) in [5.41, 5.74) is 0.0805. The van der Waals surface area contributed by atoms with Crippen LogP contribution in [-0.2, 0) is 9.53 Å². The Balaban J connectivity index is 2.71. The third-order valence-electron chi connectivity index (χ3n) is 2.42. The van der Waals surface area contributed by atoms with E-state index in [2.05, 4.69) is 6.58 Å². The summed E-state index contributed by atoms with van der Waals surface area (Å²) in [5, 5.41) is 8.76. The first kappa shape index (κ1) is 11.0. The maximum Gasteiger partial charge on any atom is 0.330 e. The van der Waals surface area contributed by atoms with Crippen LogP contribution in [-0.4, -0.2) is 23.8 Å². The van der Waals surface area contributed by atoms with Crippen molar-refractivity contribution in [3.63, 3.8) is 0 Å². The van der Waals surface area contributed by atoms with E-state index in [-0.39, 0.29) is 11.5 Å². The standard InChI is InChI=1S/C11H16O3/c1-4-11(3,6-9-7-14-9)5-8(2)10(12)13/h4-5,9H,1,6-7H2,2-3H3,(H,12,13). The van der Waals surface area contributed by atoms with Gasteiger partial charge >= 0.3 is 5.97 Å². The number of ether oxygens (including phenoxy) is 1. The van der Waals surface area contributed by atoms with Crippen LogP contribution in [0.4, 0.5) is 0 Å². The zero-order valence-electron chi connectivity index (χ0n) is 8.62. The molecule has 0 aliphatic carbocycles. The van der Waals surface area contributed by atoms with Crippen LogP contribution in [0.3, 0.4) is 0 Å². The lowest BCUT2D eigenvalue weighted by molar-refractivity contribution is -0.132. The molecule has 1 heterocycles. The van der Waals surface area contributed by atoms with Crippen LogP contribution in [0.1, 0.15) is 20.3 Å². The third-order valence-corrected chi connectivity index (χ3v) is 2.42. The molecule has 0 spiro atoms. The van der Waals surface area contributed by atoms with Crippen molar-refractivity contribution in [1.29, 1.82) is 0 Å². The third kappa shape index (κ3) is 3.00. The molecule has 1 aliphatic rings. The van der Waals surface area contributed by atoms with Gasteiger partial charge in [0.25, 0.3) is 0 Å². The van der Waals surface area contributed by atoms with Crippen molar-refractivity contribution in [3.05, 3.63) is 24.3 Å². The van der Waals surface area contributed by atoms with Crippen LogP contribution < -0.4 is 0 Å². The second-order valence-electron chi connectivity index (χ2n) is 4.00. The van der Waals surface area contributed by atoms with Crippen LogP contribution >= 0.6 is 0 Å². The molecule has 0 bridgehead atoms. The molecule has 78 valence electrons. The van der Waals surface area contributed by atoms with E-state index in [9.17, 15) is 4.79 Å². The zero-order chi connectivity index (χ0) is 10.8. The van der Waals surface area contributed by atoms with Crippen molar-refractivity contribution in [2.45, 2.75) is 26.4 Å². The second-order valence-corrected chi connectivity index (χ2v) is 4.00. The molecule has 3 nitrogen and oxygen atoms in total. The number of hydrogen-bond donors (Lipinski definition) is 1. The smallest absolute Gasteiger partial charge is 0.330 e. The Kier molecular flexibility index (Phi) is 3.11. The van der Waals surface area contributed by atoms with Crippen LogP contribution in [0.5, 0.6) is 0 Å². The summed E-state index contributed by atoms with van der Waals surface area (Å²) in [7, 11) is 0. The highest BCUT2D eigenvalue weighted by Crippen LogP contribution is 2.32. The van der Waals surface area contributed by atoms with Gasteiger partial charge in [0.15, 0.2) is 0 Å². The minimum atomic E-state index is -0.880. The summed E-state index contributed by atoms with van der Waals surface area (Å²) in [4.78, 5) is 10.7. The van der Waals surface area contributed by atoms with E-state index in [0.717, 1.165) is 13.0 Å². The lowest BCUT2D eigenvalue weighted by Crippen LogP contribution is -2.14. The summed E-state index contributed by atoms with van der Waals surface area (Å²) in [6.45, 7) is 8.08. The fourth-order valence-corrected chi connectivity index (χ4v) is 1.43. The lowest BCUT2D eigenvalue weighted by atomic mass is 9.84. The van der Waals surface area contributed by atoms with Crippen LogP contribution in [0, 0.1) is 5.41 Å². The largest absolute Gasteiger partial charge is 0.478 e. The molecular weight excluding hydrogens is 180 g/mol. The summed E-state index contributed by atoms with van der Waals surface area (Å²) < 4.78 is 5.12. The summed E-state index contributed by atoms with van der Waals surface area (Å²) in [6.07, 6.45) is 4.60. The number of carbonyl (C=O) groups is 1. The van der Waals surface area contributed by atoms with Gasteiger partial charge in [-0.3, -0.25) is 0 Å². The van der Waals surface area contributed by atoms with Crippen LogP contribution in [0.15, 0.2) is 24.3 Å². The number of allylic oxidation sites excluding steroid dienone is 2. The molecule has 0 amide bonds. The quantitative estimate of drug-likeness (QED) is 0.415. The first-order chi connectivity index (χ1) is 6.47. The number of carboxylic acids is 1. The van der Waals surface area contributed by atoms with Crippen LogP contribution in [0.25, 0.3) is 0 Å². The van der Waals surface area contributed by atoms with Gasteiger partial charge in [-0.15, -0.1) is 6.58 Å². The van der Waals surface area contributed by atoms with Gasteiger partial charge in [-0.1, -0.05) is 19.1 Å². The number of rotatable bonds is 5. The zero-order valence-corrected chi connectivity index (χ0v) is 8.62. The molecule has 0 radical (unpaired) electrons. The van der Waals surface area contributed by atoms with E-state index < -0.39 is 5.97 Å². The van der Waals surface area contributed by atoms with Gasteiger partial charge in [-0.2, -0.15) is 0 Å². The van der Waals surface area contributed by atoms with Crippen molar-refractivity contribution in [3.8, 4) is 0 Å². The van der Waals surface area contributed by atoms with E-state index in [0.29, 0.717) is 5.57 Å². The van der Waals surface area contributed by atoms with Gasteiger partial charge in [0.1, 0.15) is 0 Å². The Morgan fingerprint density at radius 2 is 2.36 bits per heavy atom. The topological polar surface area (TPSA) is 49.8 Å². The van der Waals surface area contributed by atoms with E-state index in [1.54, 1.807) is 19.1 Å². The van der Waals surface area contributed by atoms with Gasteiger partial charge in [0, 0.05) is 11.0 Å². The fourth-order valence-electron chi connectivity index (χ4n) is 1.43. The Morgan fingerprint density at radius 1 is 1.79 bits per heavy atom. The average Bonchev–Trinajstić information content (AvgIpc) is 2.88. The predicted molar refractivity (Wildman–Crippen MR) is 54.1 cm³/mol. The van der Waals surface area contributed by atoms with Gasteiger partial charge in [-0.05, 0) is 13.3 Å². The summed E-state index contributed by atoms with van der Waals surface area (Å²) in [5.74, 6) is -0.880. The molecule has 1 aliphatic heterocycles. The highest BCUT2D eigenvalue weighted by atomic mass is 16.6.